The zero-order chi connectivity index (χ0) is 17.9. The Kier molecular flexibility index (Phi) is 4.96. The maximum absolute atomic E-state index is 12.7. The van der Waals surface area contributed by atoms with Crippen LogP contribution in [-0.2, 0) is 16.1 Å². The van der Waals surface area contributed by atoms with Crippen molar-refractivity contribution in [3.8, 4) is 0 Å². The van der Waals surface area contributed by atoms with Gasteiger partial charge in [-0.15, -0.1) is 0 Å². The molecule has 0 radical (unpaired) electrons. The summed E-state index contributed by atoms with van der Waals surface area (Å²) in [4.78, 5) is 14.6. The van der Waals surface area contributed by atoms with Crippen molar-refractivity contribution in [2.75, 3.05) is 19.7 Å². The first kappa shape index (κ1) is 17.1. The molecule has 5 heteroatoms. The van der Waals surface area contributed by atoms with E-state index >= 15 is 0 Å². The van der Waals surface area contributed by atoms with Crippen molar-refractivity contribution in [2.24, 2.45) is 0 Å². The fraction of sp³-hybridized carbons (Fsp3) is 0.286. The number of hydrogen-bond acceptors (Lipinski definition) is 2. The van der Waals surface area contributed by atoms with Gasteiger partial charge in [-0.3, -0.25) is 4.79 Å². The van der Waals surface area contributed by atoms with Gasteiger partial charge in [0.05, 0.1) is 13.2 Å². The fourth-order valence-corrected chi connectivity index (χ4v) is 3.64. The van der Waals surface area contributed by atoms with Crippen molar-refractivity contribution < 1.29 is 9.53 Å². The first-order chi connectivity index (χ1) is 12.7. The average molecular weight is 369 g/mol. The number of aryl methyl sites for hydroxylation is 1. The van der Waals surface area contributed by atoms with Crippen molar-refractivity contribution in [1.29, 1.82) is 0 Å². The van der Waals surface area contributed by atoms with Crippen LogP contribution in [0.5, 0.6) is 0 Å². The van der Waals surface area contributed by atoms with Gasteiger partial charge in [-0.2, -0.15) is 0 Å². The minimum atomic E-state index is -0.0416. The Morgan fingerprint density at radius 3 is 2.85 bits per heavy atom. The van der Waals surface area contributed by atoms with Crippen molar-refractivity contribution in [1.82, 2.24) is 9.47 Å². The molecule has 0 spiro atoms. The number of rotatable bonds is 4. The largest absolute Gasteiger partial charge is 0.370 e. The number of halogens is 1. The second-order valence-corrected chi connectivity index (χ2v) is 7.01. The highest BCUT2D eigenvalue weighted by Gasteiger charge is 2.25. The molecule has 1 saturated heterocycles. The Morgan fingerprint density at radius 2 is 2.00 bits per heavy atom. The molecule has 134 valence electrons. The molecular weight excluding hydrogens is 348 g/mol. The van der Waals surface area contributed by atoms with Crippen LogP contribution in [0.25, 0.3) is 10.9 Å². The first-order valence-electron chi connectivity index (χ1n) is 8.89. The number of fused-ring (bicyclic) bond motifs is 1. The minimum Gasteiger partial charge on any atom is -0.370 e. The Bertz CT molecular complexity index is 907. The van der Waals surface area contributed by atoms with Gasteiger partial charge in [0.2, 0.25) is 5.91 Å². The van der Waals surface area contributed by atoms with Gasteiger partial charge in [-0.25, -0.2) is 0 Å². The maximum Gasteiger partial charge on any atom is 0.224 e. The zero-order valence-corrected chi connectivity index (χ0v) is 15.2. The summed E-state index contributed by atoms with van der Waals surface area (Å²) in [5, 5.41) is 1.85. The summed E-state index contributed by atoms with van der Waals surface area (Å²) >= 11 is 6.10. The molecule has 0 N–H and O–H groups in total. The van der Waals surface area contributed by atoms with Gasteiger partial charge in [0.25, 0.3) is 0 Å². The quantitative estimate of drug-likeness (QED) is 0.688. The predicted molar refractivity (Wildman–Crippen MR) is 103 cm³/mol. The third kappa shape index (κ3) is 3.62. The predicted octanol–water partition coefficient (Wildman–Crippen LogP) is 4.28. The third-order valence-corrected chi connectivity index (χ3v) is 5.13. The summed E-state index contributed by atoms with van der Waals surface area (Å²) in [5.41, 5.74) is 2.19. The summed E-state index contributed by atoms with van der Waals surface area (Å²) in [6.07, 6.45) is 2.44. The van der Waals surface area contributed by atoms with Crippen molar-refractivity contribution >= 4 is 28.4 Å². The van der Waals surface area contributed by atoms with Crippen molar-refractivity contribution in [2.45, 2.75) is 19.1 Å². The monoisotopic (exact) mass is 368 g/mol. The molecule has 26 heavy (non-hydrogen) atoms. The standard InChI is InChI=1S/C21H21ClN2O2/c22-18-7-6-16-8-10-23(19(16)14-18)11-9-21(25)24-12-13-26-20(15-24)17-4-2-1-3-5-17/h1-8,10,14,20H,9,11-13,15H2/t20-/m1/s1. The Balaban J connectivity index is 1.40. The van der Waals surface area contributed by atoms with Gasteiger partial charge >= 0.3 is 0 Å². The first-order valence-corrected chi connectivity index (χ1v) is 9.27. The molecule has 1 atom stereocenters. The summed E-state index contributed by atoms with van der Waals surface area (Å²) < 4.78 is 7.94. The van der Waals surface area contributed by atoms with Crippen LogP contribution in [-0.4, -0.2) is 35.1 Å². The third-order valence-electron chi connectivity index (χ3n) is 4.89. The molecule has 0 saturated carbocycles. The lowest BCUT2D eigenvalue weighted by molar-refractivity contribution is -0.139. The molecule has 4 nitrogen and oxygen atoms in total. The van der Waals surface area contributed by atoms with Crippen molar-refractivity contribution in [3.63, 3.8) is 0 Å². The second-order valence-electron chi connectivity index (χ2n) is 6.57. The molecule has 0 unspecified atom stereocenters. The van der Waals surface area contributed by atoms with Gasteiger partial charge in [-0.1, -0.05) is 48.0 Å². The summed E-state index contributed by atoms with van der Waals surface area (Å²) in [7, 11) is 0. The number of morpholine rings is 1. The lowest BCUT2D eigenvalue weighted by atomic mass is 10.1. The van der Waals surface area contributed by atoms with Gasteiger partial charge in [0.1, 0.15) is 6.10 Å². The zero-order valence-electron chi connectivity index (χ0n) is 14.5. The molecule has 0 bridgehead atoms. The van der Waals surface area contributed by atoms with E-state index in [0.717, 1.165) is 16.5 Å². The summed E-state index contributed by atoms with van der Waals surface area (Å²) in [5.74, 6) is 0.165. The fourth-order valence-electron chi connectivity index (χ4n) is 3.47. The van der Waals surface area contributed by atoms with Crippen LogP contribution in [0.15, 0.2) is 60.8 Å². The number of nitrogens with zero attached hydrogens (tertiary/aromatic N) is 2. The summed E-state index contributed by atoms with van der Waals surface area (Å²) in [6, 6.07) is 18.0. The van der Waals surface area contributed by atoms with Crippen molar-refractivity contribution in [3.05, 3.63) is 71.4 Å². The molecule has 1 fully saturated rings. The molecule has 1 aromatic heterocycles. The molecule has 4 rings (SSSR count). The highest BCUT2D eigenvalue weighted by atomic mass is 35.5. The van der Waals surface area contributed by atoms with E-state index in [1.54, 1.807) is 0 Å². The number of benzene rings is 2. The van der Waals surface area contributed by atoms with Crippen LogP contribution in [0.3, 0.4) is 0 Å². The Labute approximate surface area is 157 Å². The average Bonchev–Trinajstić information content (AvgIpc) is 3.09. The molecular formula is C21H21ClN2O2. The van der Waals surface area contributed by atoms with Gasteiger partial charge in [-0.05, 0) is 29.1 Å². The number of carbonyl (C=O) groups is 1. The van der Waals surface area contributed by atoms with Crippen LogP contribution in [0.2, 0.25) is 5.02 Å². The van der Waals surface area contributed by atoms with Crippen LogP contribution < -0.4 is 0 Å². The SMILES string of the molecule is O=C(CCn1ccc2ccc(Cl)cc21)N1CCO[C@@H](c2ccccc2)C1. The van der Waals surface area contributed by atoms with E-state index in [0.29, 0.717) is 37.7 Å². The van der Waals surface area contributed by atoms with Crippen LogP contribution in [0, 0.1) is 0 Å². The number of hydrogen-bond donors (Lipinski definition) is 0. The lowest BCUT2D eigenvalue weighted by Gasteiger charge is -2.33. The van der Waals surface area contributed by atoms with Gasteiger partial charge in [0, 0.05) is 36.2 Å². The van der Waals surface area contributed by atoms with E-state index in [1.165, 1.54) is 0 Å². The normalized spacial score (nSPS) is 17.6. The number of ether oxygens (including phenoxy) is 1. The number of aromatic nitrogens is 1. The molecule has 0 aliphatic carbocycles. The lowest BCUT2D eigenvalue weighted by Crippen LogP contribution is -2.42. The molecule has 2 heterocycles. The van der Waals surface area contributed by atoms with E-state index in [1.807, 2.05) is 59.6 Å². The van der Waals surface area contributed by atoms with Crippen LogP contribution >= 0.6 is 11.6 Å². The Morgan fingerprint density at radius 1 is 1.15 bits per heavy atom. The number of amides is 1. The van der Waals surface area contributed by atoms with E-state index in [2.05, 4.69) is 10.6 Å². The smallest absolute Gasteiger partial charge is 0.224 e. The van der Waals surface area contributed by atoms with Crippen LogP contribution in [0.1, 0.15) is 18.1 Å². The van der Waals surface area contributed by atoms with Crippen LogP contribution in [0.4, 0.5) is 0 Å². The molecule has 3 aromatic rings. The topological polar surface area (TPSA) is 34.5 Å². The van der Waals surface area contributed by atoms with Gasteiger partial charge in [0.15, 0.2) is 0 Å². The van der Waals surface area contributed by atoms with E-state index < -0.39 is 0 Å². The highest BCUT2D eigenvalue weighted by Crippen LogP contribution is 2.23. The second kappa shape index (κ2) is 7.52. The minimum absolute atomic E-state index is 0.0416. The molecule has 1 aliphatic rings. The van der Waals surface area contributed by atoms with Gasteiger partial charge < -0.3 is 14.2 Å². The Hall–Kier alpha value is -2.30. The highest BCUT2D eigenvalue weighted by molar-refractivity contribution is 6.31. The number of carbonyl (C=O) groups excluding carboxylic acids is 1. The summed E-state index contributed by atoms with van der Waals surface area (Å²) in [6.45, 7) is 2.49. The molecule has 1 amide bonds. The van der Waals surface area contributed by atoms with E-state index in [9.17, 15) is 4.79 Å². The van der Waals surface area contributed by atoms with E-state index in [-0.39, 0.29) is 12.0 Å². The molecule has 2 aromatic carbocycles. The molecule has 1 aliphatic heterocycles. The van der Waals surface area contributed by atoms with E-state index in [4.69, 9.17) is 16.3 Å². The maximum atomic E-state index is 12.7.